The van der Waals surface area contributed by atoms with Crippen molar-refractivity contribution in [2.24, 2.45) is 7.05 Å². The van der Waals surface area contributed by atoms with Crippen molar-refractivity contribution in [2.75, 3.05) is 0 Å². The Morgan fingerprint density at radius 2 is 2.10 bits per heavy atom. The number of nitrogens with zero attached hydrogens (tertiary/aromatic N) is 2. The van der Waals surface area contributed by atoms with Crippen molar-refractivity contribution in [1.29, 1.82) is 0 Å². The van der Waals surface area contributed by atoms with Gasteiger partial charge in [0.25, 0.3) is 5.92 Å². The minimum atomic E-state index is -3.15. The number of aromatic nitrogens is 2. The van der Waals surface area contributed by atoms with Crippen LogP contribution in [0, 0.1) is 0 Å². The summed E-state index contributed by atoms with van der Waals surface area (Å²) < 4.78 is 28.7. The minimum absolute atomic E-state index is 0.0759. The van der Waals surface area contributed by atoms with Gasteiger partial charge in [-0.1, -0.05) is 23.7 Å². The zero-order valence-electron chi connectivity index (χ0n) is 10.7. The van der Waals surface area contributed by atoms with Crippen LogP contribution in [0.3, 0.4) is 0 Å². The first-order chi connectivity index (χ1) is 9.21. The van der Waals surface area contributed by atoms with E-state index in [0.717, 1.165) is 6.92 Å². The Labute approximate surface area is 118 Å². The quantitative estimate of drug-likeness (QED) is 0.943. The summed E-state index contributed by atoms with van der Waals surface area (Å²) in [6.45, 7) is 0.742. The van der Waals surface area contributed by atoms with Gasteiger partial charge < -0.3 is 5.11 Å². The van der Waals surface area contributed by atoms with E-state index in [1.807, 2.05) is 0 Å². The standard InChI is InChI=1S/C13H11ClF2N2O2/c1-13(15,16)11-7(4-3-5-8(11)14)10-6-9(12(19)20)17-18(10)2/h3-6H,1-2H3,(H,19,20). The predicted molar refractivity (Wildman–Crippen MR) is 70.2 cm³/mol. The molecule has 0 aliphatic rings. The van der Waals surface area contributed by atoms with Gasteiger partial charge in [-0.05, 0) is 12.1 Å². The molecule has 0 aliphatic carbocycles. The van der Waals surface area contributed by atoms with E-state index < -0.39 is 11.9 Å². The maximum Gasteiger partial charge on any atom is 0.356 e. The molecule has 1 aromatic heterocycles. The zero-order chi connectivity index (χ0) is 15.1. The fourth-order valence-electron chi connectivity index (χ4n) is 2.01. The van der Waals surface area contributed by atoms with Gasteiger partial charge in [-0.15, -0.1) is 0 Å². The highest BCUT2D eigenvalue weighted by molar-refractivity contribution is 6.31. The van der Waals surface area contributed by atoms with Crippen LogP contribution in [0.2, 0.25) is 5.02 Å². The van der Waals surface area contributed by atoms with E-state index >= 15 is 0 Å². The smallest absolute Gasteiger partial charge is 0.356 e. The molecule has 4 nitrogen and oxygen atoms in total. The topological polar surface area (TPSA) is 55.1 Å². The molecule has 20 heavy (non-hydrogen) atoms. The Bertz CT molecular complexity index is 677. The molecular formula is C13H11ClF2N2O2. The summed E-state index contributed by atoms with van der Waals surface area (Å²) in [6.07, 6.45) is 0. The number of benzene rings is 1. The summed E-state index contributed by atoms with van der Waals surface area (Å²) in [5.41, 5.74) is -0.136. The lowest BCUT2D eigenvalue weighted by atomic mass is 9.99. The molecule has 0 aliphatic heterocycles. The number of alkyl halides is 2. The van der Waals surface area contributed by atoms with E-state index in [9.17, 15) is 13.6 Å². The second-order valence-corrected chi connectivity index (χ2v) is 4.80. The van der Waals surface area contributed by atoms with Gasteiger partial charge in [-0.2, -0.15) is 5.10 Å². The second-order valence-electron chi connectivity index (χ2n) is 4.39. The summed E-state index contributed by atoms with van der Waals surface area (Å²) >= 11 is 5.86. The number of carboxylic acids is 1. The van der Waals surface area contributed by atoms with Crippen LogP contribution in [0.25, 0.3) is 11.3 Å². The molecule has 0 spiro atoms. The first-order valence-electron chi connectivity index (χ1n) is 5.66. The Morgan fingerprint density at radius 3 is 2.60 bits per heavy atom. The molecule has 0 saturated carbocycles. The molecule has 0 fully saturated rings. The fraction of sp³-hybridized carbons (Fsp3) is 0.231. The van der Waals surface area contributed by atoms with Crippen molar-refractivity contribution >= 4 is 17.6 Å². The normalized spacial score (nSPS) is 11.7. The zero-order valence-corrected chi connectivity index (χ0v) is 11.4. The number of halogens is 3. The van der Waals surface area contributed by atoms with Crippen molar-refractivity contribution in [3.8, 4) is 11.3 Å². The first-order valence-corrected chi connectivity index (χ1v) is 6.04. The Kier molecular flexibility index (Phi) is 3.52. The molecule has 0 unspecified atom stereocenters. The van der Waals surface area contributed by atoms with Crippen LogP contribution in [0.4, 0.5) is 8.78 Å². The van der Waals surface area contributed by atoms with Crippen molar-refractivity contribution in [2.45, 2.75) is 12.8 Å². The molecule has 106 valence electrons. The lowest BCUT2D eigenvalue weighted by molar-refractivity contribution is 0.0181. The molecule has 1 heterocycles. The maximum absolute atomic E-state index is 13.7. The SMILES string of the molecule is Cn1nc(C(=O)O)cc1-c1cccc(Cl)c1C(C)(F)F. The molecule has 0 atom stereocenters. The molecule has 0 saturated heterocycles. The lowest BCUT2D eigenvalue weighted by Gasteiger charge is -2.17. The largest absolute Gasteiger partial charge is 0.476 e. The predicted octanol–water partition coefficient (Wildman–Crippen LogP) is 3.55. The molecular weight excluding hydrogens is 290 g/mol. The average molecular weight is 301 g/mol. The first kappa shape index (κ1) is 14.5. The van der Waals surface area contributed by atoms with Crippen LogP contribution in [-0.2, 0) is 13.0 Å². The number of carboxylic acid groups (broad SMARTS) is 1. The number of hydrogen-bond acceptors (Lipinski definition) is 2. The average Bonchev–Trinajstić information content (AvgIpc) is 2.69. The van der Waals surface area contributed by atoms with Gasteiger partial charge in [0, 0.05) is 25.1 Å². The molecule has 2 rings (SSSR count). The third-order valence-corrected chi connectivity index (χ3v) is 3.14. The van der Waals surface area contributed by atoms with E-state index in [0.29, 0.717) is 0 Å². The van der Waals surface area contributed by atoms with Crippen LogP contribution < -0.4 is 0 Å². The van der Waals surface area contributed by atoms with E-state index in [4.69, 9.17) is 16.7 Å². The van der Waals surface area contributed by atoms with Gasteiger partial charge in [-0.25, -0.2) is 13.6 Å². The highest BCUT2D eigenvalue weighted by atomic mass is 35.5. The molecule has 0 radical (unpaired) electrons. The summed E-state index contributed by atoms with van der Waals surface area (Å²) in [5.74, 6) is -4.37. The minimum Gasteiger partial charge on any atom is -0.476 e. The molecule has 1 N–H and O–H groups in total. The highest BCUT2D eigenvalue weighted by Crippen LogP contribution is 2.40. The number of aryl methyl sites for hydroxylation is 1. The van der Waals surface area contributed by atoms with Crippen LogP contribution in [0.5, 0.6) is 0 Å². The third kappa shape index (κ3) is 2.51. The van der Waals surface area contributed by atoms with Crippen molar-refractivity contribution < 1.29 is 18.7 Å². The molecule has 2 aromatic rings. The monoisotopic (exact) mass is 300 g/mol. The highest BCUT2D eigenvalue weighted by Gasteiger charge is 2.31. The fourth-order valence-corrected chi connectivity index (χ4v) is 2.35. The molecule has 1 aromatic carbocycles. The number of hydrogen-bond donors (Lipinski definition) is 1. The Morgan fingerprint density at radius 1 is 1.45 bits per heavy atom. The van der Waals surface area contributed by atoms with Crippen LogP contribution in [0.1, 0.15) is 23.0 Å². The van der Waals surface area contributed by atoms with Gasteiger partial charge in [0.15, 0.2) is 5.69 Å². The van der Waals surface area contributed by atoms with Gasteiger partial charge in [0.05, 0.1) is 10.7 Å². The van der Waals surface area contributed by atoms with Crippen LogP contribution in [0.15, 0.2) is 24.3 Å². The Hall–Kier alpha value is -1.95. The van der Waals surface area contributed by atoms with Crippen molar-refractivity contribution in [1.82, 2.24) is 9.78 Å². The lowest BCUT2D eigenvalue weighted by Crippen LogP contribution is -2.11. The van der Waals surface area contributed by atoms with E-state index in [-0.39, 0.29) is 27.5 Å². The number of aromatic carboxylic acids is 1. The summed E-state index contributed by atoms with van der Waals surface area (Å²) in [7, 11) is 1.49. The van der Waals surface area contributed by atoms with Gasteiger partial charge >= 0.3 is 5.97 Å². The van der Waals surface area contributed by atoms with Gasteiger partial charge in [0.2, 0.25) is 0 Å². The summed E-state index contributed by atoms with van der Waals surface area (Å²) in [5, 5.41) is 12.6. The molecule has 0 amide bonds. The summed E-state index contributed by atoms with van der Waals surface area (Å²) in [6, 6.07) is 5.59. The molecule has 7 heteroatoms. The summed E-state index contributed by atoms with van der Waals surface area (Å²) in [4.78, 5) is 10.9. The van der Waals surface area contributed by atoms with Crippen LogP contribution in [-0.4, -0.2) is 20.9 Å². The van der Waals surface area contributed by atoms with E-state index in [1.54, 1.807) is 0 Å². The Balaban J connectivity index is 2.71. The van der Waals surface area contributed by atoms with E-state index in [1.165, 1.54) is 36.0 Å². The van der Waals surface area contributed by atoms with Crippen molar-refractivity contribution in [3.63, 3.8) is 0 Å². The van der Waals surface area contributed by atoms with E-state index in [2.05, 4.69) is 5.10 Å². The van der Waals surface area contributed by atoms with Gasteiger partial charge in [0.1, 0.15) is 0 Å². The number of carbonyl (C=O) groups is 1. The number of rotatable bonds is 3. The third-order valence-electron chi connectivity index (χ3n) is 2.83. The molecule has 0 bridgehead atoms. The van der Waals surface area contributed by atoms with Crippen molar-refractivity contribution in [3.05, 3.63) is 40.5 Å². The second kappa shape index (κ2) is 4.86. The maximum atomic E-state index is 13.7. The van der Waals surface area contributed by atoms with Gasteiger partial charge in [-0.3, -0.25) is 4.68 Å². The van der Waals surface area contributed by atoms with Crippen LogP contribution >= 0.6 is 11.6 Å².